The van der Waals surface area contributed by atoms with Crippen molar-refractivity contribution in [1.29, 1.82) is 0 Å². The summed E-state index contributed by atoms with van der Waals surface area (Å²) in [6.45, 7) is 5.41. The van der Waals surface area contributed by atoms with E-state index in [9.17, 15) is 9.59 Å². The molecule has 7 heteroatoms. The SMILES string of the molecule is COc1cc(Nc2ccc(N3CCC(C)CC3)cc2)ccc1CNC(=O)C1CC(=O)N(C)C1. The third-order valence-electron chi connectivity index (χ3n) is 6.76. The maximum absolute atomic E-state index is 12.4. The Kier molecular flexibility index (Phi) is 7.06. The molecule has 0 bridgehead atoms. The van der Waals surface area contributed by atoms with E-state index < -0.39 is 0 Å². The van der Waals surface area contributed by atoms with Gasteiger partial charge in [-0.3, -0.25) is 9.59 Å². The molecule has 1 atom stereocenters. The van der Waals surface area contributed by atoms with Crippen LogP contribution in [0, 0.1) is 11.8 Å². The van der Waals surface area contributed by atoms with Crippen molar-refractivity contribution in [2.45, 2.75) is 32.7 Å². The minimum atomic E-state index is -0.286. The van der Waals surface area contributed by atoms with E-state index in [2.05, 4.69) is 46.7 Å². The maximum atomic E-state index is 12.4. The van der Waals surface area contributed by atoms with Crippen molar-refractivity contribution in [3.8, 4) is 5.75 Å². The highest BCUT2D eigenvalue weighted by Crippen LogP contribution is 2.28. The van der Waals surface area contributed by atoms with Gasteiger partial charge in [0, 0.05) is 68.3 Å². The standard InChI is InChI=1S/C26H34N4O3/c1-18-10-12-30(13-11-18)23-8-6-21(7-9-23)28-22-5-4-19(24(15-22)33-3)16-27-26(32)20-14-25(31)29(2)17-20/h4-9,15,18,20,28H,10-14,16-17H2,1-3H3,(H,27,32). The molecular weight excluding hydrogens is 416 g/mol. The maximum Gasteiger partial charge on any atom is 0.225 e. The Labute approximate surface area is 196 Å². The van der Waals surface area contributed by atoms with E-state index >= 15 is 0 Å². The summed E-state index contributed by atoms with van der Waals surface area (Å²) in [6, 6.07) is 14.4. The second-order valence-corrected chi connectivity index (χ2v) is 9.26. The lowest BCUT2D eigenvalue weighted by molar-refractivity contribution is -0.128. The number of carbonyl (C=O) groups excluding carboxylic acids is 2. The van der Waals surface area contributed by atoms with Crippen molar-refractivity contribution >= 4 is 28.9 Å². The fourth-order valence-corrected chi connectivity index (χ4v) is 4.52. The van der Waals surface area contributed by atoms with Crippen LogP contribution in [0.5, 0.6) is 5.75 Å². The van der Waals surface area contributed by atoms with Gasteiger partial charge in [0.2, 0.25) is 11.8 Å². The van der Waals surface area contributed by atoms with Crippen LogP contribution >= 0.6 is 0 Å². The zero-order valence-corrected chi connectivity index (χ0v) is 19.8. The largest absolute Gasteiger partial charge is 0.496 e. The van der Waals surface area contributed by atoms with Gasteiger partial charge in [-0.2, -0.15) is 0 Å². The summed E-state index contributed by atoms with van der Waals surface area (Å²) < 4.78 is 5.56. The average molecular weight is 451 g/mol. The number of rotatable bonds is 7. The van der Waals surface area contributed by atoms with Crippen molar-refractivity contribution < 1.29 is 14.3 Å². The first-order valence-corrected chi connectivity index (χ1v) is 11.7. The lowest BCUT2D eigenvalue weighted by atomic mass is 9.99. The van der Waals surface area contributed by atoms with Crippen LogP contribution in [0.2, 0.25) is 0 Å². The molecule has 2 saturated heterocycles. The number of hydrogen-bond acceptors (Lipinski definition) is 5. The van der Waals surface area contributed by atoms with Crippen LogP contribution in [-0.2, 0) is 16.1 Å². The van der Waals surface area contributed by atoms with Gasteiger partial charge in [-0.25, -0.2) is 0 Å². The second-order valence-electron chi connectivity index (χ2n) is 9.26. The fraction of sp³-hybridized carbons (Fsp3) is 0.462. The highest BCUT2D eigenvalue weighted by atomic mass is 16.5. The lowest BCUT2D eigenvalue weighted by Gasteiger charge is -2.32. The van der Waals surface area contributed by atoms with Crippen molar-refractivity contribution in [1.82, 2.24) is 10.2 Å². The van der Waals surface area contributed by atoms with Crippen LogP contribution < -0.4 is 20.3 Å². The summed E-state index contributed by atoms with van der Waals surface area (Å²) in [4.78, 5) is 28.2. The van der Waals surface area contributed by atoms with Gasteiger partial charge in [0.25, 0.3) is 0 Å². The van der Waals surface area contributed by atoms with Crippen LogP contribution in [0.15, 0.2) is 42.5 Å². The van der Waals surface area contributed by atoms with Gasteiger partial charge in [-0.15, -0.1) is 0 Å². The zero-order chi connectivity index (χ0) is 23.4. The molecular formula is C26H34N4O3. The van der Waals surface area contributed by atoms with E-state index in [-0.39, 0.29) is 24.2 Å². The molecule has 2 aromatic rings. The Morgan fingerprint density at radius 2 is 1.79 bits per heavy atom. The number of piperidine rings is 1. The molecule has 2 heterocycles. The Morgan fingerprint density at radius 3 is 2.42 bits per heavy atom. The van der Waals surface area contributed by atoms with Crippen molar-refractivity contribution in [2.75, 3.05) is 44.0 Å². The van der Waals surface area contributed by atoms with Crippen LogP contribution in [0.4, 0.5) is 17.1 Å². The fourth-order valence-electron chi connectivity index (χ4n) is 4.52. The number of anilines is 3. The van der Waals surface area contributed by atoms with Crippen molar-refractivity contribution in [3.63, 3.8) is 0 Å². The molecule has 176 valence electrons. The molecule has 7 nitrogen and oxygen atoms in total. The van der Waals surface area contributed by atoms with Crippen molar-refractivity contribution in [2.24, 2.45) is 11.8 Å². The monoisotopic (exact) mass is 450 g/mol. The van der Waals surface area contributed by atoms with E-state index in [1.54, 1.807) is 19.1 Å². The molecule has 0 aromatic heterocycles. The molecule has 2 aromatic carbocycles. The second kappa shape index (κ2) is 10.1. The molecule has 0 saturated carbocycles. The zero-order valence-electron chi connectivity index (χ0n) is 19.8. The quantitative estimate of drug-likeness (QED) is 0.672. The minimum Gasteiger partial charge on any atom is -0.496 e. The topological polar surface area (TPSA) is 73.9 Å². The van der Waals surface area contributed by atoms with E-state index in [1.807, 2.05) is 18.2 Å². The smallest absolute Gasteiger partial charge is 0.225 e. The highest BCUT2D eigenvalue weighted by Gasteiger charge is 2.31. The molecule has 33 heavy (non-hydrogen) atoms. The van der Waals surface area contributed by atoms with E-state index in [4.69, 9.17) is 4.74 Å². The molecule has 2 fully saturated rings. The summed E-state index contributed by atoms with van der Waals surface area (Å²) >= 11 is 0. The summed E-state index contributed by atoms with van der Waals surface area (Å²) in [6.07, 6.45) is 2.78. The van der Waals surface area contributed by atoms with Gasteiger partial charge in [-0.1, -0.05) is 13.0 Å². The molecule has 2 amide bonds. The summed E-state index contributed by atoms with van der Waals surface area (Å²) in [5, 5.41) is 6.38. The minimum absolute atomic E-state index is 0.0155. The lowest BCUT2D eigenvalue weighted by Crippen LogP contribution is -2.32. The van der Waals surface area contributed by atoms with Crippen LogP contribution in [-0.4, -0.2) is 50.5 Å². The Hall–Kier alpha value is -3.22. The van der Waals surface area contributed by atoms with E-state index in [0.717, 1.165) is 35.9 Å². The number of benzene rings is 2. The number of hydrogen-bond donors (Lipinski definition) is 2. The van der Waals surface area contributed by atoms with Crippen LogP contribution in [0.1, 0.15) is 31.7 Å². The van der Waals surface area contributed by atoms with Gasteiger partial charge in [0.05, 0.1) is 13.0 Å². The van der Waals surface area contributed by atoms with E-state index in [1.165, 1.54) is 18.5 Å². The first-order valence-electron chi connectivity index (χ1n) is 11.7. The average Bonchev–Trinajstić information content (AvgIpc) is 3.17. The number of nitrogens with zero attached hydrogens (tertiary/aromatic N) is 2. The van der Waals surface area contributed by atoms with Crippen molar-refractivity contribution in [3.05, 3.63) is 48.0 Å². The van der Waals surface area contributed by atoms with Gasteiger partial charge in [0.15, 0.2) is 0 Å². The van der Waals surface area contributed by atoms with Crippen LogP contribution in [0.25, 0.3) is 0 Å². The Bertz CT molecular complexity index is 984. The number of amides is 2. The first kappa shape index (κ1) is 23.0. The number of methoxy groups -OCH3 is 1. The third kappa shape index (κ3) is 5.59. The normalized spacial score (nSPS) is 19.0. The van der Waals surface area contributed by atoms with Gasteiger partial charge in [0.1, 0.15) is 5.75 Å². The number of nitrogens with one attached hydrogen (secondary N) is 2. The molecule has 1 unspecified atom stereocenters. The molecule has 0 aliphatic carbocycles. The highest BCUT2D eigenvalue weighted by molar-refractivity contribution is 5.89. The molecule has 2 N–H and O–H groups in total. The Morgan fingerprint density at radius 1 is 1.09 bits per heavy atom. The van der Waals surface area contributed by atoms with Gasteiger partial charge >= 0.3 is 0 Å². The molecule has 2 aliphatic heterocycles. The number of carbonyl (C=O) groups is 2. The predicted octanol–water partition coefficient (Wildman–Crippen LogP) is 3.77. The van der Waals surface area contributed by atoms with Gasteiger partial charge in [-0.05, 0) is 49.1 Å². The molecule has 0 radical (unpaired) electrons. The predicted molar refractivity (Wildman–Crippen MR) is 131 cm³/mol. The van der Waals surface area contributed by atoms with Gasteiger partial charge < -0.3 is 25.2 Å². The summed E-state index contributed by atoms with van der Waals surface area (Å²) in [7, 11) is 3.36. The third-order valence-corrected chi connectivity index (χ3v) is 6.76. The summed E-state index contributed by atoms with van der Waals surface area (Å²) in [5.41, 5.74) is 4.10. The van der Waals surface area contributed by atoms with E-state index in [0.29, 0.717) is 18.8 Å². The first-order chi connectivity index (χ1) is 15.9. The summed E-state index contributed by atoms with van der Waals surface area (Å²) in [5.74, 6) is 1.16. The molecule has 0 spiro atoms. The van der Waals surface area contributed by atoms with Crippen LogP contribution in [0.3, 0.4) is 0 Å². The Balaban J connectivity index is 1.34. The molecule has 2 aliphatic rings. The number of likely N-dealkylation sites (tertiary alicyclic amines) is 1. The number of ether oxygens (including phenoxy) is 1. The molecule has 4 rings (SSSR count).